The molecule has 0 bridgehead atoms. The van der Waals surface area contributed by atoms with E-state index in [1.54, 1.807) is 10.6 Å². The number of hydrogen-bond acceptors (Lipinski definition) is 1. The first-order chi connectivity index (χ1) is 5.98. The van der Waals surface area contributed by atoms with Gasteiger partial charge in [-0.05, 0) is 30.6 Å². The molecule has 0 aromatic carbocycles. The largest absolute Gasteiger partial charge is 0.304 e. The minimum absolute atomic E-state index is 0.493. The third kappa shape index (κ3) is 1.56. The Morgan fingerprint density at radius 1 is 1.38 bits per heavy atom. The van der Waals surface area contributed by atoms with E-state index in [1.165, 1.54) is 19.3 Å². The van der Waals surface area contributed by atoms with E-state index in [2.05, 4.69) is 31.8 Å². The van der Waals surface area contributed by atoms with Crippen LogP contribution in [0.25, 0.3) is 0 Å². The van der Waals surface area contributed by atoms with Crippen molar-refractivity contribution < 1.29 is 0 Å². The molecule has 0 fully saturated rings. The predicted molar refractivity (Wildman–Crippen MR) is 58.3 cm³/mol. The molecule has 1 aliphatic carbocycles. The Hall–Kier alpha value is -0.240. The number of nitrogens with zero attached hydrogens (tertiary/aromatic N) is 1. The van der Waals surface area contributed by atoms with Crippen molar-refractivity contribution in [2.75, 3.05) is 0 Å². The molecule has 0 radical (unpaired) electrons. The van der Waals surface area contributed by atoms with Crippen molar-refractivity contribution in [3.63, 3.8) is 0 Å². The Balaban J connectivity index is 2.12. The van der Waals surface area contributed by atoms with Crippen LogP contribution in [0.5, 0.6) is 0 Å². The minimum atomic E-state index is 0.493. The van der Waals surface area contributed by atoms with Gasteiger partial charge in [0.1, 0.15) is 0 Å². The molecule has 0 aliphatic heterocycles. The van der Waals surface area contributed by atoms with Gasteiger partial charge in [-0.1, -0.05) is 32.3 Å². The lowest BCUT2D eigenvalue weighted by molar-refractivity contribution is 0.214. The van der Waals surface area contributed by atoms with Gasteiger partial charge in [0.05, 0.1) is 0 Å². The van der Waals surface area contributed by atoms with Crippen LogP contribution < -0.4 is 0 Å². The lowest BCUT2D eigenvalue weighted by atomic mass is 9.73. The van der Waals surface area contributed by atoms with Gasteiger partial charge in [0, 0.05) is 17.6 Å². The van der Waals surface area contributed by atoms with Crippen molar-refractivity contribution in [1.82, 2.24) is 3.96 Å². The fourth-order valence-corrected chi connectivity index (χ4v) is 3.37. The predicted octanol–water partition coefficient (Wildman–Crippen LogP) is 3.24. The zero-order valence-electron chi connectivity index (χ0n) is 9.05. The lowest BCUT2D eigenvalue weighted by Crippen LogP contribution is -2.29. The van der Waals surface area contributed by atoms with Gasteiger partial charge >= 0.3 is 0 Å². The summed E-state index contributed by atoms with van der Waals surface area (Å²) < 4.78 is 2.33. The van der Waals surface area contributed by atoms with Crippen molar-refractivity contribution in [2.24, 2.45) is 18.4 Å². The Morgan fingerprint density at radius 3 is 2.54 bits per heavy atom. The quantitative estimate of drug-likeness (QED) is 0.602. The molecule has 1 nitrogen and oxygen atoms in total. The second-order valence-corrected chi connectivity index (χ2v) is 6.49. The average Bonchev–Trinajstić information content (AvgIpc) is 2.00. The second kappa shape index (κ2) is 2.88. The zero-order valence-corrected chi connectivity index (χ0v) is 9.87. The van der Waals surface area contributed by atoms with E-state index in [4.69, 9.17) is 0 Å². The van der Waals surface area contributed by atoms with E-state index in [9.17, 15) is 0 Å². The number of fused-ring (bicyclic) bond motifs is 1. The van der Waals surface area contributed by atoms with E-state index in [0.717, 1.165) is 5.92 Å². The maximum absolute atomic E-state index is 2.37. The summed E-state index contributed by atoms with van der Waals surface area (Å²) in [6, 6.07) is 0. The SMILES string of the molecule is Cn1sc2c1CCC(C(C)(C)C)C2. The molecule has 1 unspecified atom stereocenters. The van der Waals surface area contributed by atoms with Crippen LogP contribution >= 0.6 is 11.5 Å². The Morgan fingerprint density at radius 2 is 2.08 bits per heavy atom. The van der Waals surface area contributed by atoms with Gasteiger partial charge in [-0.15, -0.1) is 0 Å². The normalized spacial score (nSPS) is 23.2. The van der Waals surface area contributed by atoms with E-state index >= 15 is 0 Å². The first-order valence-corrected chi connectivity index (χ1v) is 5.89. The standard InChI is InChI=1S/C11H19NS/c1-11(2,3)8-5-6-9-10(7-8)13-12(9)4/h8H,5-7H2,1-4H3. The molecule has 1 aromatic rings. The highest BCUT2D eigenvalue weighted by atomic mass is 32.1. The van der Waals surface area contributed by atoms with Crippen molar-refractivity contribution in [3.8, 4) is 0 Å². The Kier molecular flexibility index (Phi) is 2.06. The molecular formula is C11H19NS. The summed E-state index contributed by atoms with van der Waals surface area (Å²) >= 11 is 1.95. The molecule has 1 aromatic heterocycles. The monoisotopic (exact) mass is 197 g/mol. The molecular weight excluding hydrogens is 178 g/mol. The van der Waals surface area contributed by atoms with Gasteiger partial charge in [-0.25, -0.2) is 0 Å². The second-order valence-electron chi connectivity index (χ2n) is 5.26. The highest BCUT2D eigenvalue weighted by Gasteiger charge is 2.31. The van der Waals surface area contributed by atoms with Gasteiger partial charge in [0.25, 0.3) is 0 Å². The summed E-state index contributed by atoms with van der Waals surface area (Å²) in [6.45, 7) is 7.11. The highest BCUT2D eigenvalue weighted by molar-refractivity contribution is 7.07. The van der Waals surface area contributed by atoms with Crippen LogP contribution in [0.1, 0.15) is 37.8 Å². The van der Waals surface area contributed by atoms with Crippen LogP contribution in [-0.2, 0) is 19.9 Å². The molecule has 2 heteroatoms. The highest BCUT2D eigenvalue weighted by Crippen LogP contribution is 2.40. The molecule has 1 aliphatic rings. The van der Waals surface area contributed by atoms with Crippen molar-refractivity contribution in [1.29, 1.82) is 0 Å². The van der Waals surface area contributed by atoms with Gasteiger partial charge in [-0.2, -0.15) is 0 Å². The molecule has 0 saturated heterocycles. The summed E-state index contributed by atoms with van der Waals surface area (Å²) in [7, 11) is 2.18. The molecule has 1 heterocycles. The maximum Gasteiger partial charge on any atom is 0.0424 e. The summed E-state index contributed by atoms with van der Waals surface area (Å²) in [5.41, 5.74) is 2.11. The maximum atomic E-state index is 2.37. The van der Waals surface area contributed by atoms with Crippen molar-refractivity contribution in [2.45, 2.75) is 40.0 Å². The molecule has 0 amide bonds. The van der Waals surface area contributed by atoms with E-state index in [1.807, 2.05) is 11.5 Å². The van der Waals surface area contributed by atoms with E-state index in [-0.39, 0.29) is 0 Å². The third-order valence-electron chi connectivity index (χ3n) is 3.34. The van der Waals surface area contributed by atoms with E-state index < -0.39 is 0 Å². The van der Waals surface area contributed by atoms with Gasteiger partial charge in [0.15, 0.2) is 0 Å². The molecule has 74 valence electrons. The average molecular weight is 197 g/mol. The fraction of sp³-hybridized carbons (Fsp3) is 0.818. The molecule has 2 rings (SSSR count). The van der Waals surface area contributed by atoms with Crippen LogP contribution in [0.15, 0.2) is 0 Å². The lowest BCUT2D eigenvalue weighted by Gasteiger charge is -2.36. The topological polar surface area (TPSA) is 4.93 Å². The van der Waals surface area contributed by atoms with Crippen LogP contribution in [0.4, 0.5) is 0 Å². The first kappa shape index (κ1) is 9.32. The molecule has 0 N–H and O–H groups in total. The van der Waals surface area contributed by atoms with Crippen LogP contribution in [0.2, 0.25) is 0 Å². The van der Waals surface area contributed by atoms with Crippen LogP contribution in [0.3, 0.4) is 0 Å². The van der Waals surface area contributed by atoms with E-state index in [0.29, 0.717) is 5.41 Å². The number of aryl methyl sites for hydroxylation is 1. The first-order valence-electron chi connectivity index (χ1n) is 5.12. The zero-order chi connectivity index (χ0) is 9.64. The van der Waals surface area contributed by atoms with Gasteiger partial charge in [0.2, 0.25) is 0 Å². The van der Waals surface area contributed by atoms with Gasteiger partial charge in [-0.3, -0.25) is 0 Å². The molecule has 13 heavy (non-hydrogen) atoms. The van der Waals surface area contributed by atoms with Crippen LogP contribution in [0, 0.1) is 11.3 Å². The third-order valence-corrected chi connectivity index (χ3v) is 4.45. The summed E-state index contributed by atoms with van der Waals surface area (Å²) in [4.78, 5) is 1.66. The number of rotatable bonds is 0. The summed E-state index contributed by atoms with van der Waals surface area (Å²) in [5.74, 6) is 0.896. The fourth-order valence-electron chi connectivity index (χ4n) is 2.24. The number of aromatic nitrogens is 1. The van der Waals surface area contributed by atoms with Gasteiger partial charge < -0.3 is 3.96 Å². The minimum Gasteiger partial charge on any atom is -0.304 e. The molecule has 0 spiro atoms. The molecule has 1 atom stereocenters. The summed E-state index contributed by atoms with van der Waals surface area (Å²) in [6.07, 6.45) is 4.02. The van der Waals surface area contributed by atoms with Crippen molar-refractivity contribution in [3.05, 3.63) is 10.6 Å². The summed E-state index contributed by atoms with van der Waals surface area (Å²) in [5, 5.41) is 0. The molecule has 0 saturated carbocycles. The van der Waals surface area contributed by atoms with Crippen molar-refractivity contribution >= 4 is 11.5 Å². The smallest absolute Gasteiger partial charge is 0.0424 e. The Labute approximate surface area is 84.9 Å². The Bertz CT molecular complexity index is 300. The number of hydrogen-bond donors (Lipinski definition) is 0. The van der Waals surface area contributed by atoms with Crippen LogP contribution in [-0.4, -0.2) is 3.96 Å².